The average Bonchev–Trinajstić information content (AvgIpc) is 3.49. The first kappa shape index (κ1) is 19.3. The largest absolute Gasteiger partial charge is 0.370 e. The SMILES string of the molecule is Cc1cc(F)c(-c2n[nH]c(C3CCCO3)n2)cc1NC(=O)c1cnn2cc(F)ccc12. The molecule has 4 heterocycles. The van der Waals surface area contributed by atoms with E-state index in [-0.39, 0.29) is 23.1 Å². The van der Waals surface area contributed by atoms with Crippen molar-refractivity contribution in [3.05, 3.63) is 65.2 Å². The zero-order valence-electron chi connectivity index (χ0n) is 16.5. The van der Waals surface area contributed by atoms with E-state index in [2.05, 4.69) is 25.6 Å². The number of ether oxygens (including phenoxy) is 1. The summed E-state index contributed by atoms with van der Waals surface area (Å²) in [6.45, 7) is 2.34. The lowest BCUT2D eigenvalue weighted by molar-refractivity contribution is 0.102. The van der Waals surface area contributed by atoms with E-state index in [1.165, 1.54) is 41.2 Å². The minimum absolute atomic E-state index is 0.156. The van der Waals surface area contributed by atoms with Crippen molar-refractivity contribution in [1.29, 1.82) is 0 Å². The maximum atomic E-state index is 14.7. The number of amides is 1. The molecule has 10 heteroatoms. The lowest BCUT2D eigenvalue weighted by Crippen LogP contribution is -2.13. The van der Waals surface area contributed by atoms with Crippen molar-refractivity contribution < 1.29 is 18.3 Å². The van der Waals surface area contributed by atoms with Gasteiger partial charge in [-0.15, -0.1) is 0 Å². The van der Waals surface area contributed by atoms with Gasteiger partial charge in [-0.25, -0.2) is 18.3 Å². The first-order chi connectivity index (χ1) is 15.0. The lowest BCUT2D eigenvalue weighted by Gasteiger charge is -2.10. The summed E-state index contributed by atoms with van der Waals surface area (Å²) in [6, 6.07) is 5.54. The number of pyridine rings is 1. The maximum Gasteiger partial charge on any atom is 0.259 e. The molecule has 0 radical (unpaired) electrons. The molecule has 158 valence electrons. The molecule has 5 rings (SSSR count). The van der Waals surface area contributed by atoms with Crippen molar-refractivity contribution in [3.63, 3.8) is 0 Å². The van der Waals surface area contributed by atoms with Crippen LogP contribution in [0, 0.1) is 18.6 Å². The molecule has 1 saturated heterocycles. The second-order valence-electron chi connectivity index (χ2n) is 7.38. The Bertz CT molecular complexity index is 1290. The second kappa shape index (κ2) is 7.55. The van der Waals surface area contributed by atoms with Crippen molar-refractivity contribution in [1.82, 2.24) is 24.8 Å². The van der Waals surface area contributed by atoms with Gasteiger partial charge in [-0.2, -0.15) is 10.2 Å². The number of rotatable bonds is 4. The van der Waals surface area contributed by atoms with E-state index in [0.29, 0.717) is 29.2 Å². The van der Waals surface area contributed by atoms with E-state index in [9.17, 15) is 13.6 Å². The highest BCUT2D eigenvalue weighted by molar-refractivity contribution is 6.09. The summed E-state index contributed by atoms with van der Waals surface area (Å²) in [5.74, 6) is -0.672. The number of hydrogen-bond donors (Lipinski definition) is 2. The van der Waals surface area contributed by atoms with Crippen LogP contribution in [0.5, 0.6) is 0 Å². The van der Waals surface area contributed by atoms with Gasteiger partial charge >= 0.3 is 0 Å². The van der Waals surface area contributed by atoms with Crippen LogP contribution in [0.4, 0.5) is 14.5 Å². The molecule has 1 fully saturated rings. The van der Waals surface area contributed by atoms with Crippen LogP contribution in [-0.2, 0) is 4.74 Å². The molecule has 2 N–H and O–H groups in total. The Labute approximate surface area is 175 Å². The number of aryl methyl sites for hydroxylation is 1. The molecule has 1 atom stereocenters. The van der Waals surface area contributed by atoms with E-state index in [1.807, 2.05) is 0 Å². The molecule has 1 aliphatic heterocycles. The molecule has 3 aromatic heterocycles. The average molecular weight is 424 g/mol. The third-order valence-corrected chi connectivity index (χ3v) is 5.27. The summed E-state index contributed by atoms with van der Waals surface area (Å²) in [4.78, 5) is 17.2. The van der Waals surface area contributed by atoms with Gasteiger partial charge in [0.1, 0.15) is 17.7 Å². The molecule has 0 bridgehead atoms. The number of fused-ring (bicyclic) bond motifs is 1. The Morgan fingerprint density at radius 2 is 2.19 bits per heavy atom. The molecule has 4 aromatic rings. The quantitative estimate of drug-likeness (QED) is 0.519. The Kier molecular flexibility index (Phi) is 4.70. The number of halogens is 2. The van der Waals surface area contributed by atoms with Gasteiger partial charge in [0.05, 0.1) is 29.0 Å². The topological polar surface area (TPSA) is 97.2 Å². The summed E-state index contributed by atoms with van der Waals surface area (Å²) in [5, 5.41) is 13.7. The van der Waals surface area contributed by atoms with Crippen LogP contribution in [0.25, 0.3) is 16.9 Å². The Morgan fingerprint density at radius 1 is 1.32 bits per heavy atom. The third-order valence-electron chi connectivity index (χ3n) is 5.27. The van der Waals surface area contributed by atoms with E-state index in [1.54, 1.807) is 6.92 Å². The molecular weight excluding hydrogens is 406 g/mol. The number of nitrogens with one attached hydrogen (secondary N) is 2. The van der Waals surface area contributed by atoms with E-state index in [4.69, 9.17) is 4.74 Å². The number of aromatic nitrogens is 5. The van der Waals surface area contributed by atoms with Crippen molar-refractivity contribution in [2.24, 2.45) is 0 Å². The number of nitrogens with zero attached hydrogens (tertiary/aromatic N) is 4. The molecular formula is C21H18F2N6O2. The molecule has 0 aliphatic carbocycles. The predicted octanol–water partition coefficient (Wildman–Crippen LogP) is 3.81. The van der Waals surface area contributed by atoms with Gasteiger partial charge in [0, 0.05) is 12.3 Å². The maximum absolute atomic E-state index is 14.7. The first-order valence-corrected chi connectivity index (χ1v) is 9.78. The van der Waals surface area contributed by atoms with Crippen LogP contribution >= 0.6 is 0 Å². The summed E-state index contributed by atoms with van der Waals surface area (Å²) in [6.07, 6.45) is 4.13. The number of carbonyl (C=O) groups excluding carboxylic acids is 1. The number of aromatic amines is 1. The third kappa shape index (κ3) is 3.55. The monoisotopic (exact) mass is 424 g/mol. The zero-order valence-corrected chi connectivity index (χ0v) is 16.5. The number of benzene rings is 1. The number of anilines is 1. The Hall–Kier alpha value is -3.66. The fraction of sp³-hybridized carbons (Fsp3) is 0.238. The normalized spacial score (nSPS) is 16.2. The van der Waals surface area contributed by atoms with Crippen LogP contribution < -0.4 is 5.32 Å². The van der Waals surface area contributed by atoms with Gasteiger partial charge in [0.15, 0.2) is 11.6 Å². The van der Waals surface area contributed by atoms with Crippen molar-refractivity contribution >= 4 is 17.1 Å². The summed E-state index contributed by atoms with van der Waals surface area (Å²) < 4.78 is 34.9. The minimum Gasteiger partial charge on any atom is -0.370 e. The van der Waals surface area contributed by atoms with Crippen LogP contribution in [-0.4, -0.2) is 37.3 Å². The number of hydrogen-bond acceptors (Lipinski definition) is 5. The van der Waals surface area contributed by atoms with Crippen LogP contribution in [0.2, 0.25) is 0 Å². The fourth-order valence-corrected chi connectivity index (χ4v) is 3.63. The second-order valence-corrected chi connectivity index (χ2v) is 7.38. The first-order valence-electron chi connectivity index (χ1n) is 9.78. The fourth-order valence-electron chi connectivity index (χ4n) is 3.63. The molecule has 31 heavy (non-hydrogen) atoms. The van der Waals surface area contributed by atoms with Gasteiger partial charge in [-0.1, -0.05) is 0 Å². The van der Waals surface area contributed by atoms with E-state index < -0.39 is 17.5 Å². The van der Waals surface area contributed by atoms with Gasteiger partial charge in [-0.05, 0) is 49.6 Å². The van der Waals surface area contributed by atoms with Crippen LogP contribution in [0.1, 0.15) is 40.7 Å². The number of carbonyl (C=O) groups is 1. The summed E-state index contributed by atoms with van der Waals surface area (Å²) >= 11 is 0. The van der Waals surface area contributed by atoms with E-state index >= 15 is 0 Å². The van der Waals surface area contributed by atoms with Gasteiger partial charge < -0.3 is 10.1 Å². The molecule has 0 spiro atoms. The smallest absolute Gasteiger partial charge is 0.259 e. The van der Waals surface area contributed by atoms with Crippen LogP contribution in [0.3, 0.4) is 0 Å². The standard InChI is InChI=1S/C21H18F2N6O2/c1-11-7-15(23)13(19-26-20(28-27-19)18-3-2-6-31-18)8-16(11)25-21(30)14-9-24-29-10-12(22)4-5-17(14)29/h4-5,7-10,18H,2-3,6H2,1H3,(H,25,30)(H,26,27,28). The highest BCUT2D eigenvalue weighted by Gasteiger charge is 2.23. The van der Waals surface area contributed by atoms with Crippen molar-refractivity contribution in [3.8, 4) is 11.4 Å². The molecule has 8 nitrogen and oxygen atoms in total. The molecule has 1 aromatic carbocycles. The molecule has 1 aliphatic rings. The lowest BCUT2D eigenvalue weighted by atomic mass is 10.1. The zero-order chi connectivity index (χ0) is 21.5. The summed E-state index contributed by atoms with van der Waals surface area (Å²) in [7, 11) is 0. The molecule has 1 unspecified atom stereocenters. The van der Waals surface area contributed by atoms with Crippen LogP contribution in [0.15, 0.2) is 36.7 Å². The van der Waals surface area contributed by atoms with Gasteiger partial charge in [0.2, 0.25) is 0 Å². The van der Waals surface area contributed by atoms with Crippen molar-refractivity contribution in [2.45, 2.75) is 25.9 Å². The predicted molar refractivity (Wildman–Crippen MR) is 108 cm³/mol. The van der Waals surface area contributed by atoms with Crippen molar-refractivity contribution in [2.75, 3.05) is 11.9 Å². The molecule has 0 saturated carbocycles. The van der Waals surface area contributed by atoms with E-state index in [0.717, 1.165) is 12.8 Å². The number of H-pyrrole nitrogens is 1. The summed E-state index contributed by atoms with van der Waals surface area (Å²) in [5.41, 5.74) is 1.82. The Morgan fingerprint density at radius 3 is 3.00 bits per heavy atom. The highest BCUT2D eigenvalue weighted by Crippen LogP contribution is 2.30. The molecule has 1 amide bonds. The van der Waals surface area contributed by atoms with Gasteiger partial charge in [0.25, 0.3) is 5.91 Å². The highest BCUT2D eigenvalue weighted by atomic mass is 19.1. The minimum atomic E-state index is -0.500. The Balaban J connectivity index is 1.45. The van der Waals surface area contributed by atoms with Gasteiger partial charge in [-0.3, -0.25) is 9.89 Å².